The predicted octanol–water partition coefficient (Wildman–Crippen LogP) is 2.12. The standard InChI is InChI=1S/C12H21N3O2/c16-14-11-7-3-1-5-9(11)13-10-6-2-4-8-12(10)15-17/h9-10,13,16-17H,1-8H2. The van der Waals surface area contributed by atoms with Crippen LogP contribution in [-0.4, -0.2) is 33.9 Å². The van der Waals surface area contributed by atoms with Crippen molar-refractivity contribution in [1.82, 2.24) is 5.32 Å². The molecule has 0 aromatic rings. The minimum Gasteiger partial charge on any atom is -0.411 e. The Kier molecular flexibility index (Phi) is 4.36. The molecule has 2 unspecified atom stereocenters. The van der Waals surface area contributed by atoms with Crippen molar-refractivity contribution in [2.75, 3.05) is 0 Å². The summed E-state index contributed by atoms with van der Waals surface area (Å²) in [5.74, 6) is 0. The van der Waals surface area contributed by atoms with Crippen LogP contribution in [0.4, 0.5) is 0 Å². The number of hydrogen-bond donors (Lipinski definition) is 3. The number of rotatable bonds is 2. The molecule has 96 valence electrons. The number of nitrogens with one attached hydrogen (secondary N) is 1. The number of oxime groups is 2. The molecule has 2 rings (SSSR count). The zero-order valence-electron chi connectivity index (χ0n) is 10.1. The van der Waals surface area contributed by atoms with E-state index in [-0.39, 0.29) is 12.1 Å². The van der Waals surface area contributed by atoms with Crippen LogP contribution in [0, 0.1) is 0 Å². The molecule has 2 aliphatic carbocycles. The van der Waals surface area contributed by atoms with Gasteiger partial charge in [-0.1, -0.05) is 23.2 Å². The van der Waals surface area contributed by atoms with Crippen LogP contribution in [0.15, 0.2) is 10.3 Å². The van der Waals surface area contributed by atoms with Crippen LogP contribution in [0.25, 0.3) is 0 Å². The quantitative estimate of drug-likeness (QED) is 0.510. The van der Waals surface area contributed by atoms with Gasteiger partial charge >= 0.3 is 0 Å². The van der Waals surface area contributed by atoms with Crippen LogP contribution in [0.3, 0.4) is 0 Å². The molecule has 0 radical (unpaired) electrons. The highest BCUT2D eigenvalue weighted by Crippen LogP contribution is 2.20. The van der Waals surface area contributed by atoms with Gasteiger partial charge in [0.1, 0.15) is 0 Å². The van der Waals surface area contributed by atoms with E-state index in [4.69, 9.17) is 10.4 Å². The molecule has 2 saturated carbocycles. The average molecular weight is 239 g/mol. The van der Waals surface area contributed by atoms with Crippen LogP contribution in [-0.2, 0) is 0 Å². The summed E-state index contributed by atoms with van der Waals surface area (Å²) >= 11 is 0. The first-order valence-corrected chi connectivity index (χ1v) is 6.53. The smallest absolute Gasteiger partial charge is 0.0739 e. The topological polar surface area (TPSA) is 77.2 Å². The van der Waals surface area contributed by atoms with Gasteiger partial charge < -0.3 is 15.7 Å². The van der Waals surface area contributed by atoms with E-state index >= 15 is 0 Å². The molecule has 2 aliphatic rings. The lowest BCUT2D eigenvalue weighted by atomic mass is 9.89. The van der Waals surface area contributed by atoms with E-state index in [1.54, 1.807) is 0 Å². The third-order valence-corrected chi connectivity index (χ3v) is 3.82. The van der Waals surface area contributed by atoms with E-state index < -0.39 is 0 Å². The first-order valence-electron chi connectivity index (χ1n) is 6.53. The van der Waals surface area contributed by atoms with Gasteiger partial charge in [0.25, 0.3) is 0 Å². The Balaban J connectivity index is 1.98. The molecule has 0 heterocycles. The van der Waals surface area contributed by atoms with E-state index in [2.05, 4.69) is 15.6 Å². The van der Waals surface area contributed by atoms with Crippen molar-refractivity contribution in [3.05, 3.63) is 0 Å². The molecule has 0 aromatic heterocycles. The fourth-order valence-electron chi connectivity index (χ4n) is 2.83. The van der Waals surface area contributed by atoms with E-state index in [1.807, 2.05) is 0 Å². The zero-order chi connectivity index (χ0) is 12.1. The van der Waals surface area contributed by atoms with Crippen LogP contribution >= 0.6 is 0 Å². The zero-order valence-corrected chi connectivity index (χ0v) is 10.1. The molecular formula is C12H21N3O2. The third kappa shape index (κ3) is 2.97. The van der Waals surface area contributed by atoms with Gasteiger partial charge in [-0.3, -0.25) is 0 Å². The molecular weight excluding hydrogens is 218 g/mol. The van der Waals surface area contributed by atoms with E-state index in [0.717, 1.165) is 62.8 Å². The molecule has 2 atom stereocenters. The van der Waals surface area contributed by atoms with Crippen molar-refractivity contribution in [1.29, 1.82) is 0 Å². The molecule has 5 nitrogen and oxygen atoms in total. The molecule has 0 aliphatic heterocycles. The van der Waals surface area contributed by atoms with Crippen molar-refractivity contribution in [2.24, 2.45) is 10.3 Å². The summed E-state index contributed by atoms with van der Waals surface area (Å²) in [4.78, 5) is 0. The van der Waals surface area contributed by atoms with Crippen molar-refractivity contribution in [3.63, 3.8) is 0 Å². The Bertz CT molecular complexity index is 285. The largest absolute Gasteiger partial charge is 0.411 e. The lowest BCUT2D eigenvalue weighted by Gasteiger charge is -2.31. The fraction of sp³-hybridized carbons (Fsp3) is 0.833. The van der Waals surface area contributed by atoms with Crippen molar-refractivity contribution < 1.29 is 10.4 Å². The van der Waals surface area contributed by atoms with Gasteiger partial charge in [0, 0.05) is 12.1 Å². The van der Waals surface area contributed by atoms with Crippen LogP contribution < -0.4 is 5.32 Å². The van der Waals surface area contributed by atoms with Crippen molar-refractivity contribution in [3.8, 4) is 0 Å². The highest BCUT2D eigenvalue weighted by molar-refractivity contribution is 5.93. The van der Waals surface area contributed by atoms with E-state index in [1.165, 1.54) is 0 Å². The summed E-state index contributed by atoms with van der Waals surface area (Å²) in [5.41, 5.74) is 1.69. The SMILES string of the molecule is ON=C1CCCCC1NC1CCCCC1=NO. The van der Waals surface area contributed by atoms with E-state index in [9.17, 15) is 0 Å². The molecule has 5 heteroatoms. The minimum atomic E-state index is 0.147. The fourth-order valence-corrected chi connectivity index (χ4v) is 2.83. The Morgan fingerprint density at radius 3 is 1.71 bits per heavy atom. The lowest BCUT2D eigenvalue weighted by molar-refractivity contribution is 0.303. The second-order valence-corrected chi connectivity index (χ2v) is 4.95. The van der Waals surface area contributed by atoms with Crippen LogP contribution in [0.5, 0.6) is 0 Å². The molecule has 0 aromatic carbocycles. The molecule has 3 N–H and O–H groups in total. The first kappa shape index (κ1) is 12.4. The summed E-state index contributed by atoms with van der Waals surface area (Å²) < 4.78 is 0. The summed E-state index contributed by atoms with van der Waals surface area (Å²) in [6.45, 7) is 0. The average Bonchev–Trinajstić information content (AvgIpc) is 2.40. The monoisotopic (exact) mass is 239 g/mol. The van der Waals surface area contributed by atoms with Gasteiger partial charge in [-0.25, -0.2) is 0 Å². The minimum absolute atomic E-state index is 0.147. The normalized spacial score (nSPS) is 35.3. The van der Waals surface area contributed by atoms with Gasteiger partial charge in [0.15, 0.2) is 0 Å². The predicted molar refractivity (Wildman–Crippen MR) is 66.1 cm³/mol. The van der Waals surface area contributed by atoms with Gasteiger partial charge in [-0.15, -0.1) is 0 Å². The maximum absolute atomic E-state index is 8.98. The van der Waals surface area contributed by atoms with Gasteiger partial charge in [0.2, 0.25) is 0 Å². The first-order chi connectivity index (χ1) is 8.35. The molecule has 0 amide bonds. The third-order valence-electron chi connectivity index (χ3n) is 3.82. The second-order valence-electron chi connectivity index (χ2n) is 4.95. The van der Waals surface area contributed by atoms with Crippen molar-refractivity contribution in [2.45, 2.75) is 63.5 Å². The lowest BCUT2D eigenvalue weighted by Crippen LogP contribution is -2.49. The van der Waals surface area contributed by atoms with Crippen LogP contribution in [0.1, 0.15) is 51.4 Å². The highest BCUT2D eigenvalue weighted by atomic mass is 16.4. The number of hydrogen-bond acceptors (Lipinski definition) is 5. The van der Waals surface area contributed by atoms with Gasteiger partial charge in [0.05, 0.1) is 11.4 Å². The van der Waals surface area contributed by atoms with Gasteiger partial charge in [-0.2, -0.15) is 0 Å². The van der Waals surface area contributed by atoms with Gasteiger partial charge in [-0.05, 0) is 38.5 Å². The summed E-state index contributed by atoms with van der Waals surface area (Å²) in [5, 5.41) is 28.2. The van der Waals surface area contributed by atoms with Crippen molar-refractivity contribution >= 4 is 11.4 Å². The second kappa shape index (κ2) is 6.00. The maximum atomic E-state index is 8.98. The Labute approximate surface area is 102 Å². The van der Waals surface area contributed by atoms with E-state index in [0.29, 0.717) is 0 Å². The Hall–Kier alpha value is -1.10. The Morgan fingerprint density at radius 1 is 0.824 bits per heavy atom. The summed E-state index contributed by atoms with van der Waals surface area (Å²) in [6, 6.07) is 0.294. The Morgan fingerprint density at radius 2 is 1.29 bits per heavy atom. The highest BCUT2D eigenvalue weighted by Gasteiger charge is 2.27. The molecule has 2 fully saturated rings. The summed E-state index contributed by atoms with van der Waals surface area (Å²) in [6.07, 6.45) is 8.28. The molecule has 17 heavy (non-hydrogen) atoms. The maximum Gasteiger partial charge on any atom is 0.0739 e. The molecule has 0 bridgehead atoms. The molecule has 0 spiro atoms. The summed E-state index contributed by atoms with van der Waals surface area (Å²) in [7, 11) is 0. The molecule has 0 saturated heterocycles. The van der Waals surface area contributed by atoms with Crippen LogP contribution in [0.2, 0.25) is 0 Å². The number of nitrogens with zero attached hydrogens (tertiary/aromatic N) is 2.